The topological polar surface area (TPSA) is 29.3 Å². The summed E-state index contributed by atoms with van der Waals surface area (Å²) in [6, 6.07) is 8.76. The van der Waals surface area contributed by atoms with Crippen molar-refractivity contribution in [1.82, 2.24) is 4.90 Å². The number of nitrogens with two attached hydrogens (primary N) is 1. The van der Waals surface area contributed by atoms with Crippen LogP contribution >= 0.6 is 0 Å². The minimum atomic E-state index is 0.0992. The third kappa shape index (κ3) is 1.87. The molecule has 0 radical (unpaired) electrons. The van der Waals surface area contributed by atoms with E-state index in [0.717, 1.165) is 19.6 Å². The molecule has 0 atom stereocenters. The normalized spacial score (nSPS) is 23.6. The van der Waals surface area contributed by atoms with Gasteiger partial charge in [-0.05, 0) is 24.0 Å². The fraction of sp³-hybridized carbons (Fsp3) is 0.571. The van der Waals surface area contributed by atoms with Crippen LogP contribution in [0.3, 0.4) is 0 Å². The highest BCUT2D eigenvalue weighted by atomic mass is 15.2. The van der Waals surface area contributed by atoms with Gasteiger partial charge in [-0.3, -0.25) is 4.90 Å². The van der Waals surface area contributed by atoms with E-state index in [1.54, 1.807) is 0 Å². The number of hydrogen-bond acceptors (Lipinski definition) is 2. The van der Waals surface area contributed by atoms with Crippen molar-refractivity contribution in [3.8, 4) is 0 Å². The number of hydrogen-bond donors (Lipinski definition) is 1. The lowest BCUT2D eigenvalue weighted by molar-refractivity contribution is 0.212. The molecule has 3 rings (SSSR count). The maximum atomic E-state index is 6.43. The minimum Gasteiger partial charge on any atom is -0.324 e. The van der Waals surface area contributed by atoms with E-state index in [0.29, 0.717) is 0 Å². The van der Waals surface area contributed by atoms with E-state index in [2.05, 4.69) is 29.2 Å². The van der Waals surface area contributed by atoms with Crippen LogP contribution in [-0.2, 0) is 13.1 Å². The van der Waals surface area contributed by atoms with Crippen molar-refractivity contribution in [2.45, 2.75) is 44.3 Å². The summed E-state index contributed by atoms with van der Waals surface area (Å²) in [6.07, 6.45) is 5.05. The first kappa shape index (κ1) is 10.3. The molecule has 1 aromatic carbocycles. The molecule has 1 fully saturated rings. The standard InChI is InChI=1S/C14H20N2/c15-14(7-3-4-8-14)11-16-9-12-5-1-2-6-13(12)10-16/h1-2,5-6H,3-4,7-11,15H2. The highest BCUT2D eigenvalue weighted by molar-refractivity contribution is 5.30. The summed E-state index contributed by atoms with van der Waals surface area (Å²) >= 11 is 0. The van der Waals surface area contributed by atoms with Gasteiger partial charge in [0.15, 0.2) is 0 Å². The van der Waals surface area contributed by atoms with E-state index in [1.165, 1.54) is 36.8 Å². The van der Waals surface area contributed by atoms with Crippen LogP contribution < -0.4 is 5.73 Å². The van der Waals surface area contributed by atoms with Gasteiger partial charge in [-0.2, -0.15) is 0 Å². The molecule has 2 aliphatic rings. The monoisotopic (exact) mass is 216 g/mol. The van der Waals surface area contributed by atoms with Gasteiger partial charge in [0.1, 0.15) is 0 Å². The van der Waals surface area contributed by atoms with Crippen molar-refractivity contribution in [2.75, 3.05) is 6.54 Å². The van der Waals surface area contributed by atoms with E-state index in [9.17, 15) is 0 Å². The number of benzene rings is 1. The highest BCUT2D eigenvalue weighted by Gasteiger charge is 2.32. The Labute approximate surface area is 97.4 Å². The Kier molecular flexibility index (Phi) is 2.49. The predicted octanol–water partition coefficient (Wildman–Crippen LogP) is 2.27. The zero-order valence-electron chi connectivity index (χ0n) is 9.78. The van der Waals surface area contributed by atoms with Gasteiger partial charge in [0.25, 0.3) is 0 Å². The van der Waals surface area contributed by atoms with Crippen LogP contribution in [0.1, 0.15) is 36.8 Å². The van der Waals surface area contributed by atoms with Crippen molar-refractivity contribution < 1.29 is 0 Å². The molecule has 0 unspecified atom stereocenters. The Morgan fingerprint density at radius 2 is 1.62 bits per heavy atom. The zero-order chi connectivity index (χ0) is 11.0. The first-order valence-electron chi connectivity index (χ1n) is 6.33. The Morgan fingerprint density at radius 3 is 2.19 bits per heavy atom. The summed E-state index contributed by atoms with van der Waals surface area (Å²) in [5, 5.41) is 0. The van der Waals surface area contributed by atoms with Crippen LogP contribution in [0.5, 0.6) is 0 Å². The first-order chi connectivity index (χ1) is 7.75. The molecule has 2 nitrogen and oxygen atoms in total. The van der Waals surface area contributed by atoms with Gasteiger partial charge in [0, 0.05) is 25.2 Å². The van der Waals surface area contributed by atoms with E-state index < -0.39 is 0 Å². The molecule has 0 aromatic heterocycles. The molecular weight excluding hydrogens is 196 g/mol. The molecule has 2 heteroatoms. The molecule has 0 amide bonds. The second-order valence-electron chi connectivity index (χ2n) is 5.48. The largest absolute Gasteiger partial charge is 0.324 e. The fourth-order valence-corrected chi connectivity index (χ4v) is 3.20. The van der Waals surface area contributed by atoms with E-state index >= 15 is 0 Å². The van der Waals surface area contributed by atoms with Crippen LogP contribution in [0.15, 0.2) is 24.3 Å². The van der Waals surface area contributed by atoms with Crippen molar-refractivity contribution in [2.24, 2.45) is 5.73 Å². The zero-order valence-corrected chi connectivity index (χ0v) is 9.78. The molecule has 1 heterocycles. The lowest BCUT2D eigenvalue weighted by Gasteiger charge is -2.29. The van der Waals surface area contributed by atoms with Crippen LogP contribution in [-0.4, -0.2) is 17.0 Å². The van der Waals surface area contributed by atoms with Crippen molar-refractivity contribution in [3.05, 3.63) is 35.4 Å². The molecule has 86 valence electrons. The smallest absolute Gasteiger partial charge is 0.0283 e. The lowest BCUT2D eigenvalue weighted by Crippen LogP contribution is -2.46. The van der Waals surface area contributed by atoms with Gasteiger partial charge in [-0.1, -0.05) is 37.1 Å². The third-order valence-electron chi connectivity index (χ3n) is 4.04. The summed E-state index contributed by atoms with van der Waals surface area (Å²) in [5.74, 6) is 0. The van der Waals surface area contributed by atoms with E-state index in [1.807, 2.05) is 0 Å². The fourth-order valence-electron chi connectivity index (χ4n) is 3.20. The van der Waals surface area contributed by atoms with Gasteiger partial charge in [0.2, 0.25) is 0 Å². The summed E-state index contributed by atoms with van der Waals surface area (Å²) in [6.45, 7) is 3.26. The molecule has 2 N–H and O–H groups in total. The third-order valence-corrected chi connectivity index (χ3v) is 4.04. The summed E-state index contributed by atoms with van der Waals surface area (Å²) < 4.78 is 0. The first-order valence-corrected chi connectivity index (χ1v) is 6.33. The van der Waals surface area contributed by atoms with Gasteiger partial charge in [0.05, 0.1) is 0 Å². The molecule has 1 aliphatic carbocycles. The summed E-state index contributed by atoms with van der Waals surface area (Å²) in [7, 11) is 0. The SMILES string of the molecule is NC1(CN2Cc3ccccc3C2)CCCC1. The molecule has 1 aliphatic heterocycles. The van der Waals surface area contributed by atoms with Gasteiger partial charge in [-0.15, -0.1) is 0 Å². The number of rotatable bonds is 2. The second kappa shape index (κ2) is 3.86. The number of nitrogens with zero attached hydrogens (tertiary/aromatic N) is 1. The van der Waals surface area contributed by atoms with E-state index in [4.69, 9.17) is 5.73 Å². The quantitative estimate of drug-likeness (QED) is 0.821. The molecule has 0 bridgehead atoms. The maximum absolute atomic E-state index is 6.43. The molecule has 1 aromatic rings. The Bertz CT molecular complexity index is 355. The molecule has 1 saturated carbocycles. The molecular formula is C14H20N2. The molecule has 16 heavy (non-hydrogen) atoms. The highest BCUT2D eigenvalue weighted by Crippen LogP contribution is 2.31. The lowest BCUT2D eigenvalue weighted by atomic mass is 9.99. The van der Waals surface area contributed by atoms with Crippen LogP contribution in [0.25, 0.3) is 0 Å². The van der Waals surface area contributed by atoms with Crippen LogP contribution in [0, 0.1) is 0 Å². The Hall–Kier alpha value is -0.860. The van der Waals surface area contributed by atoms with Gasteiger partial charge < -0.3 is 5.73 Å². The molecule has 0 spiro atoms. The van der Waals surface area contributed by atoms with Crippen molar-refractivity contribution in [3.63, 3.8) is 0 Å². The Balaban J connectivity index is 1.68. The van der Waals surface area contributed by atoms with Crippen molar-refractivity contribution >= 4 is 0 Å². The maximum Gasteiger partial charge on any atom is 0.0283 e. The number of fused-ring (bicyclic) bond motifs is 1. The summed E-state index contributed by atoms with van der Waals surface area (Å²) in [4.78, 5) is 2.51. The van der Waals surface area contributed by atoms with Crippen LogP contribution in [0.4, 0.5) is 0 Å². The van der Waals surface area contributed by atoms with Gasteiger partial charge >= 0.3 is 0 Å². The van der Waals surface area contributed by atoms with Crippen LogP contribution in [0.2, 0.25) is 0 Å². The average Bonchev–Trinajstić information content (AvgIpc) is 2.84. The average molecular weight is 216 g/mol. The predicted molar refractivity (Wildman–Crippen MR) is 65.9 cm³/mol. The summed E-state index contributed by atoms with van der Waals surface area (Å²) in [5.41, 5.74) is 9.51. The van der Waals surface area contributed by atoms with E-state index in [-0.39, 0.29) is 5.54 Å². The minimum absolute atomic E-state index is 0.0992. The second-order valence-corrected chi connectivity index (χ2v) is 5.48. The van der Waals surface area contributed by atoms with Crippen molar-refractivity contribution in [1.29, 1.82) is 0 Å². The Morgan fingerprint density at radius 1 is 1.06 bits per heavy atom. The van der Waals surface area contributed by atoms with Gasteiger partial charge in [-0.25, -0.2) is 0 Å². The molecule has 0 saturated heterocycles.